The van der Waals surface area contributed by atoms with E-state index in [2.05, 4.69) is 78.5 Å². The Morgan fingerprint density at radius 1 is 1.16 bits per heavy atom. The lowest BCUT2D eigenvalue weighted by Gasteiger charge is -2.35. The predicted octanol–water partition coefficient (Wildman–Crippen LogP) is 5.59. The number of allylic oxidation sites excluding steroid dienone is 2. The molecule has 1 aliphatic heterocycles. The van der Waals surface area contributed by atoms with Gasteiger partial charge in [0.1, 0.15) is 12.2 Å². The molecule has 3 heteroatoms. The lowest BCUT2D eigenvalue weighted by molar-refractivity contribution is -0.418. The van der Waals surface area contributed by atoms with Crippen LogP contribution in [0, 0.1) is 24.8 Å². The average molecular weight is 356 g/mol. The summed E-state index contributed by atoms with van der Waals surface area (Å²) in [5, 5.41) is 1.51. The van der Waals surface area contributed by atoms with E-state index >= 15 is 0 Å². The van der Waals surface area contributed by atoms with Gasteiger partial charge in [-0.05, 0) is 34.7 Å². The highest BCUT2D eigenvalue weighted by molar-refractivity contribution is 6.84. The molecule has 0 saturated carbocycles. The smallest absolute Gasteiger partial charge is 0.147 e. The largest absolute Gasteiger partial charge is 0.503 e. The normalized spacial score (nSPS) is 16.7. The van der Waals surface area contributed by atoms with E-state index in [4.69, 9.17) is 4.74 Å². The van der Waals surface area contributed by atoms with E-state index in [1.807, 2.05) is 10.6 Å². The van der Waals surface area contributed by atoms with Crippen molar-refractivity contribution < 1.29 is 9.31 Å². The number of hydrogen-bond donors (Lipinski definition) is 0. The number of nitrogens with zero attached hydrogens (tertiary/aromatic N) is 1. The Hall–Kier alpha value is -1.74. The molecule has 0 radical (unpaired) electrons. The maximum absolute atomic E-state index is 5.44. The monoisotopic (exact) mass is 355 g/mol. The fourth-order valence-electron chi connectivity index (χ4n) is 3.21. The molecule has 2 rings (SSSR count). The van der Waals surface area contributed by atoms with E-state index in [-0.39, 0.29) is 0 Å². The molecule has 1 heterocycles. The van der Waals surface area contributed by atoms with Crippen LogP contribution in [0.3, 0.4) is 0 Å². The molecule has 0 saturated heterocycles. The highest BCUT2D eigenvalue weighted by Crippen LogP contribution is 2.39. The van der Waals surface area contributed by atoms with Crippen molar-refractivity contribution in [3.05, 3.63) is 58.4 Å². The second-order valence-electron chi connectivity index (χ2n) is 8.46. The van der Waals surface area contributed by atoms with Gasteiger partial charge in [0.15, 0.2) is 0 Å². The second-order valence-corrected chi connectivity index (χ2v) is 13.5. The minimum Gasteiger partial charge on any atom is -0.503 e. The van der Waals surface area contributed by atoms with Crippen LogP contribution in [0.2, 0.25) is 19.6 Å². The Kier molecular flexibility index (Phi) is 5.67. The van der Waals surface area contributed by atoms with Crippen molar-refractivity contribution in [1.29, 1.82) is 0 Å². The van der Waals surface area contributed by atoms with Gasteiger partial charge in [-0.1, -0.05) is 70.6 Å². The van der Waals surface area contributed by atoms with Crippen molar-refractivity contribution in [2.45, 2.75) is 47.3 Å². The van der Waals surface area contributed by atoms with Crippen LogP contribution in [0.25, 0.3) is 0 Å². The third kappa shape index (κ3) is 4.09. The van der Waals surface area contributed by atoms with Gasteiger partial charge in [0, 0.05) is 0 Å². The van der Waals surface area contributed by atoms with Crippen LogP contribution in [-0.4, -0.2) is 26.5 Å². The van der Waals surface area contributed by atoms with E-state index < -0.39 is 8.07 Å². The molecule has 2 nitrogen and oxygen atoms in total. The standard InChI is InChI=1S/C22H33NOSi/c1-15(2)17(4)20-13-21(23(5)14-22(20)25(7,8)9)19-12-18(24-6)11-10-16(19)3/h10-15,17H,5H2,1-4,6-9H3. The molecule has 1 aromatic carbocycles. The van der Waals surface area contributed by atoms with Gasteiger partial charge in [-0.2, -0.15) is 0 Å². The zero-order valence-electron chi connectivity index (χ0n) is 17.1. The van der Waals surface area contributed by atoms with Gasteiger partial charge < -0.3 is 4.74 Å². The van der Waals surface area contributed by atoms with Gasteiger partial charge in [0.25, 0.3) is 0 Å². The Morgan fingerprint density at radius 2 is 1.80 bits per heavy atom. The number of rotatable bonds is 5. The summed E-state index contributed by atoms with van der Waals surface area (Å²) in [4.78, 5) is 0. The SMILES string of the molecule is C=[N+]1C=C([Si](C)(C)C)C(C(C)C(C)C)=C[C-]1c1cc(OC)ccc1C. The summed E-state index contributed by atoms with van der Waals surface area (Å²) in [6, 6.07) is 7.40. The molecule has 0 aromatic heterocycles. The third-order valence-corrected chi connectivity index (χ3v) is 7.25. The van der Waals surface area contributed by atoms with Crippen molar-refractivity contribution in [2.24, 2.45) is 11.8 Å². The van der Waals surface area contributed by atoms with Crippen LogP contribution >= 0.6 is 0 Å². The van der Waals surface area contributed by atoms with Gasteiger partial charge in [-0.3, -0.25) is 4.58 Å². The van der Waals surface area contributed by atoms with Gasteiger partial charge in [-0.25, -0.2) is 0 Å². The van der Waals surface area contributed by atoms with Crippen LogP contribution < -0.4 is 4.74 Å². The average Bonchev–Trinajstić information content (AvgIpc) is 2.53. The minimum absolute atomic E-state index is 0.521. The maximum atomic E-state index is 5.44. The zero-order chi connectivity index (χ0) is 18.9. The van der Waals surface area contributed by atoms with Crippen LogP contribution in [0.5, 0.6) is 5.75 Å². The zero-order valence-corrected chi connectivity index (χ0v) is 18.1. The van der Waals surface area contributed by atoms with E-state index in [0.29, 0.717) is 11.8 Å². The second kappa shape index (κ2) is 7.25. The molecule has 0 fully saturated rings. The van der Waals surface area contributed by atoms with Crippen LogP contribution in [0.1, 0.15) is 31.9 Å². The number of methoxy groups -OCH3 is 1. The topological polar surface area (TPSA) is 12.2 Å². The molecule has 0 amide bonds. The molecule has 1 aliphatic rings. The number of ether oxygens (including phenoxy) is 1. The van der Waals surface area contributed by atoms with Crippen molar-refractivity contribution in [3.8, 4) is 5.75 Å². The molecule has 25 heavy (non-hydrogen) atoms. The summed E-state index contributed by atoms with van der Waals surface area (Å²) >= 11 is 0. The highest BCUT2D eigenvalue weighted by atomic mass is 28.3. The lowest BCUT2D eigenvalue weighted by Crippen LogP contribution is -2.33. The van der Waals surface area contributed by atoms with E-state index in [9.17, 15) is 0 Å². The van der Waals surface area contributed by atoms with Gasteiger partial charge in [-0.15, -0.1) is 0 Å². The summed E-state index contributed by atoms with van der Waals surface area (Å²) in [5.74, 6) is 2.01. The molecular weight excluding hydrogens is 322 g/mol. The highest BCUT2D eigenvalue weighted by Gasteiger charge is 2.32. The molecule has 1 atom stereocenters. The Balaban J connectivity index is 2.59. The van der Waals surface area contributed by atoms with Crippen molar-refractivity contribution in [2.75, 3.05) is 7.11 Å². The first-order valence-corrected chi connectivity index (χ1v) is 12.6. The lowest BCUT2D eigenvalue weighted by atomic mass is 9.85. The molecule has 0 bridgehead atoms. The van der Waals surface area contributed by atoms with Gasteiger partial charge in [0.2, 0.25) is 0 Å². The fourth-order valence-corrected chi connectivity index (χ4v) is 4.92. The number of aryl methyl sites for hydroxylation is 1. The number of benzene rings is 1. The summed E-state index contributed by atoms with van der Waals surface area (Å²) in [5.41, 5.74) is 3.90. The quantitative estimate of drug-likeness (QED) is 0.381. The molecular formula is C22H33NOSi. The molecule has 1 aromatic rings. The third-order valence-electron chi connectivity index (χ3n) is 5.22. The van der Waals surface area contributed by atoms with E-state index in [1.54, 1.807) is 7.11 Å². The summed E-state index contributed by atoms with van der Waals surface area (Å²) in [6.45, 7) is 20.7. The summed E-state index contributed by atoms with van der Waals surface area (Å²) in [6.07, 6.45) is 4.64. The Bertz CT molecular complexity index is 722. The van der Waals surface area contributed by atoms with Gasteiger partial charge in [0.05, 0.1) is 27.7 Å². The molecule has 0 spiro atoms. The van der Waals surface area contributed by atoms with Crippen LogP contribution in [0.4, 0.5) is 0 Å². The first-order valence-electron chi connectivity index (χ1n) is 9.12. The van der Waals surface area contributed by atoms with Crippen molar-refractivity contribution >= 4 is 14.8 Å². The molecule has 0 aliphatic carbocycles. The van der Waals surface area contributed by atoms with Crippen molar-refractivity contribution in [3.63, 3.8) is 0 Å². The van der Waals surface area contributed by atoms with Crippen LogP contribution in [-0.2, 0) is 0 Å². The number of hydrogen-bond acceptors (Lipinski definition) is 1. The summed E-state index contributed by atoms with van der Waals surface area (Å²) in [7, 11) is 0.257. The first-order chi connectivity index (χ1) is 11.6. The fraction of sp³-hybridized carbons (Fsp3) is 0.455. The maximum Gasteiger partial charge on any atom is 0.147 e. The first kappa shape index (κ1) is 19.6. The Labute approximate surface area is 154 Å². The van der Waals surface area contributed by atoms with E-state index in [1.165, 1.54) is 21.9 Å². The molecule has 1 unspecified atom stereocenters. The summed E-state index contributed by atoms with van der Waals surface area (Å²) < 4.78 is 7.49. The van der Waals surface area contributed by atoms with Gasteiger partial charge >= 0.3 is 0 Å². The molecule has 0 N–H and O–H groups in total. The molecule has 136 valence electrons. The van der Waals surface area contributed by atoms with E-state index in [0.717, 1.165) is 11.8 Å². The van der Waals surface area contributed by atoms with Crippen LogP contribution in [0.15, 0.2) is 41.2 Å². The van der Waals surface area contributed by atoms with Crippen molar-refractivity contribution in [1.82, 2.24) is 0 Å². The predicted molar refractivity (Wildman–Crippen MR) is 111 cm³/mol. The Morgan fingerprint density at radius 3 is 2.32 bits per heavy atom. The minimum atomic E-state index is -1.46.